The van der Waals surface area contributed by atoms with Gasteiger partial charge in [-0.2, -0.15) is 0 Å². The molecule has 3 nitrogen and oxygen atoms in total. The number of nitrogens with zero attached hydrogens (tertiary/aromatic N) is 3. The Bertz CT molecular complexity index is 592. The molecule has 0 bridgehead atoms. The molecule has 5 heteroatoms. The molecular weight excluding hydrogens is 373 g/mol. The first-order chi connectivity index (χ1) is 9.19. The largest absolute Gasteiger partial charge is 0.326 e. The number of benzene rings is 1. The maximum absolute atomic E-state index is 6.03. The number of fused-ring (bicyclic) bond motifs is 1. The average Bonchev–Trinajstić information content (AvgIpc) is 3.18. The van der Waals surface area contributed by atoms with Gasteiger partial charge < -0.3 is 9.47 Å². The highest BCUT2D eigenvalue weighted by atomic mass is 127. The first-order valence-electron chi connectivity index (χ1n) is 6.60. The summed E-state index contributed by atoms with van der Waals surface area (Å²) in [5, 5.41) is 0. The zero-order valence-electron chi connectivity index (χ0n) is 10.9. The molecule has 19 heavy (non-hydrogen) atoms. The topological polar surface area (TPSA) is 21.1 Å². The van der Waals surface area contributed by atoms with Crippen LogP contribution in [0.25, 0.3) is 11.0 Å². The van der Waals surface area contributed by atoms with Crippen LogP contribution in [0.1, 0.15) is 18.7 Å². The minimum Gasteiger partial charge on any atom is -0.326 e. The summed E-state index contributed by atoms with van der Waals surface area (Å²) in [5.41, 5.74) is 2.25. The van der Waals surface area contributed by atoms with Gasteiger partial charge in [0.15, 0.2) is 0 Å². The van der Waals surface area contributed by atoms with Crippen LogP contribution >= 0.6 is 34.2 Å². The summed E-state index contributed by atoms with van der Waals surface area (Å²) in [5.74, 6) is 1.45. The molecule has 102 valence electrons. The zero-order chi connectivity index (χ0) is 13.4. The molecule has 3 rings (SSSR count). The Kier molecular flexibility index (Phi) is 4.01. The normalized spacial score (nSPS) is 15.6. The van der Waals surface area contributed by atoms with Crippen molar-refractivity contribution in [1.82, 2.24) is 14.5 Å². The standard InChI is InChI=1S/C14H17ClIN3/c1-18(11-3-4-11)6-7-19-13-5-2-10(16)8-12(13)17-14(19)9-15/h2,5,8,11H,3-4,6-7,9H2,1H3. The van der Waals surface area contributed by atoms with E-state index >= 15 is 0 Å². The van der Waals surface area contributed by atoms with E-state index in [0.717, 1.165) is 30.5 Å². The number of halogens is 2. The summed E-state index contributed by atoms with van der Waals surface area (Å²) in [6.07, 6.45) is 2.70. The van der Waals surface area contributed by atoms with Crippen LogP contribution in [0.15, 0.2) is 18.2 Å². The number of alkyl halides is 1. The molecule has 1 aliphatic rings. The number of hydrogen-bond acceptors (Lipinski definition) is 2. The van der Waals surface area contributed by atoms with Gasteiger partial charge in [0.25, 0.3) is 0 Å². The molecule has 2 aromatic rings. The second-order valence-electron chi connectivity index (χ2n) is 5.16. The van der Waals surface area contributed by atoms with Crippen LogP contribution in [-0.2, 0) is 12.4 Å². The Labute approximate surface area is 132 Å². The lowest BCUT2D eigenvalue weighted by Gasteiger charge is -2.17. The monoisotopic (exact) mass is 389 g/mol. The van der Waals surface area contributed by atoms with E-state index in [9.17, 15) is 0 Å². The van der Waals surface area contributed by atoms with Crippen molar-refractivity contribution in [3.05, 3.63) is 27.6 Å². The molecule has 0 N–H and O–H groups in total. The van der Waals surface area contributed by atoms with Gasteiger partial charge >= 0.3 is 0 Å². The van der Waals surface area contributed by atoms with Gasteiger partial charge in [-0.1, -0.05) is 0 Å². The maximum atomic E-state index is 6.03. The van der Waals surface area contributed by atoms with Crippen molar-refractivity contribution < 1.29 is 0 Å². The maximum Gasteiger partial charge on any atom is 0.124 e. The average molecular weight is 390 g/mol. The molecule has 0 saturated heterocycles. The molecule has 1 aromatic heterocycles. The van der Waals surface area contributed by atoms with Gasteiger partial charge in [0.2, 0.25) is 0 Å². The first-order valence-corrected chi connectivity index (χ1v) is 8.21. The van der Waals surface area contributed by atoms with Crippen LogP contribution in [0.2, 0.25) is 0 Å². The van der Waals surface area contributed by atoms with Crippen molar-refractivity contribution >= 4 is 45.2 Å². The van der Waals surface area contributed by atoms with Crippen LogP contribution in [0.3, 0.4) is 0 Å². The van der Waals surface area contributed by atoms with E-state index < -0.39 is 0 Å². The van der Waals surface area contributed by atoms with Crippen molar-refractivity contribution in [3.8, 4) is 0 Å². The Morgan fingerprint density at radius 2 is 2.26 bits per heavy atom. The van der Waals surface area contributed by atoms with Gasteiger partial charge in [-0.15, -0.1) is 11.6 Å². The lowest BCUT2D eigenvalue weighted by Crippen LogP contribution is -2.25. The second kappa shape index (κ2) is 5.58. The Morgan fingerprint density at radius 1 is 1.47 bits per heavy atom. The van der Waals surface area contributed by atoms with Crippen LogP contribution in [0, 0.1) is 3.57 Å². The molecule has 0 spiro atoms. The lowest BCUT2D eigenvalue weighted by atomic mass is 10.3. The SMILES string of the molecule is CN(CCn1c(CCl)nc2cc(I)ccc21)C1CC1. The molecule has 0 unspecified atom stereocenters. The molecule has 1 fully saturated rings. The van der Waals surface area contributed by atoms with Crippen molar-refractivity contribution in [1.29, 1.82) is 0 Å². The van der Waals surface area contributed by atoms with Crippen molar-refractivity contribution in [2.45, 2.75) is 31.3 Å². The molecule has 0 amide bonds. The van der Waals surface area contributed by atoms with E-state index in [1.54, 1.807) is 0 Å². The van der Waals surface area contributed by atoms with Crippen molar-refractivity contribution in [2.75, 3.05) is 13.6 Å². The summed E-state index contributed by atoms with van der Waals surface area (Å²) in [6.45, 7) is 2.03. The third kappa shape index (κ3) is 2.90. The molecule has 0 radical (unpaired) electrons. The minimum absolute atomic E-state index is 0.471. The van der Waals surface area contributed by atoms with Gasteiger partial charge in [-0.25, -0.2) is 4.98 Å². The Morgan fingerprint density at radius 3 is 2.95 bits per heavy atom. The summed E-state index contributed by atoms with van der Waals surface area (Å²) in [6, 6.07) is 7.20. The predicted molar refractivity (Wildman–Crippen MR) is 87.7 cm³/mol. The number of aromatic nitrogens is 2. The summed E-state index contributed by atoms with van der Waals surface area (Å²) in [7, 11) is 2.21. The van der Waals surface area contributed by atoms with Crippen LogP contribution in [-0.4, -0.2) is 34.1 Å². The zero-order valence-corrected chi connectivity index (χ0v) is 13.9. The van der Waals surface area contributed by atoms with Crippen LogP contribution < -0.4 is 0 Å². The van der Waals surface area contributed by atoms with E-state index in [1.165, 1.54) is 21.9 Å². The predicted octanol–water partition coefficient (Wildman–Crippen LogP) is 3.47. The van der Waals surface area contributed by atoms with E-state index in [4.69, 9.17) is 11.6 Å². The molecule has 0 aliphatic heterocycles. The van der Waals surface area contributed by atoms with E-state index in [1.807, 2.05) is 0 Å². The number of imidazole rings is 1. The minimum atomic E-state index is 0.471. The highest BCUT2D eigenvalue weighted by Gasteiger charge is 2.25. The highest BCUT2D eigenvalue weighted by molar-refractivity contribution is 14.1. The Balaban J connectivity index is 1.87. The van der Waals surface area contributed by atoms with E-state index in [0.29, 0.717) is 5.88 Å². The Hall–Kier alpha value is -0.330. The summed E-state index contributed by atoms with van der Waals surface area (Å²) < 4.78 is 3.48. The van der Waals surface area contributed by atoms with Gasteiger partial charge in [0, 0.05) is 22.7 Å². The molecule has 1 aliphatic carbocycles. The third-order valence-electron chi connectivity index (χ3n) is 3.76. The van der Waals surface area contributed by atoms with Crippen LogP contribution in [0.4, 0.5) is 0 Å². The van der Waals surface area contributed by atoms with Crippen LogP contribution in [0.5, 0.6) is 0 Å². The number of hydrogen-bond donors (Lipinski definition) is 0. The molecular formula is C14H17ClIN3. The number of likely N-dealkylation sites (N-methyl/N-ethyl adjacent to an activating group) is 1. The highest BCUT2D eigenvalue weighted by Crippen LogP contribution is 2.26. The van der Waals surface area contributed by atoms with Gasteiger partial charge in [0.05, 0.1) is 16.9 Å². The number of rotatable bonds is 5. The van der Waals surface area contributed by atoms with Gasteiger partial charge in [-0.05, 0) is 60.7 Å². The summed E-state index contributed by atoms with van der Waals surface area (Å²) >= 11 is 8.35. The second-order valence-corrected chi connectivity index (χ2v) is 6.67. The smallest absolute Gasteiger partial charge is 0.124 e. The van der Waals surface area contributed by atoms with Gasteiger partial charge in [0.1, 0.15) is 5.82 Å². The first kappa shape index (κ1) is 13.6. The fourth-order valence-corrected chi connectivity index (χ4v) is 3.14. The van der Waals surface area contributed by atoms with Crippen molar-refractivity contribution in [3.63, 3.8) is 0 Å². The fourth-order valence-electron chi connectivity index (χ4n) is 2.46. The molecule has 1 aromatic carbocycles. The van der Waals surface area contributed by atoms with Crippen molar-refractivity contribution in [2.24, 2.45) is 0 Å². The lowest BCUT2D eigenvalue weighted by molar-refractivity contribution is 0.309. The quantitative estimate of drug-likeness (QED) is 0.577. The van der Waals surface area contributed by atoms with Gasteiger partial charge in [-0.3, -0.25) is 0 Å². The summed E-state index contributed by atoms with van der Waals surface area (Å²) in [4.78, 5) is 7.08. The molecule has 0 atom stereocenters. The van der Waals surface area contributed by atoms with E-state index in [2.05, 4.69) is 62.3 Å². The van der Waals surface area contributed by atoms with E-state index in [-0.39, 0.29) is 0 Å². The fraction of sp³-hybridized carbons (Fsp3) is 0.500. The third-order valence-corrected chi connectivity index (χ3v) is 4.67. The molecule has 1 saturated carbocycles. The molecule has 1 heterocycles.